The Bertz CT molecular complexity index is 234. The van der Waals surface area contributed by atoms with Crippen molar-refractivity contribution in [3.05, 3.63) is 0 Å². The summed E-state index contributed by atoms with van der Waals surface area (Å²) in [6, 6.07) is 0. The minimum Gasteiger partial charge on any atom is -0.380 e. The van der Waals surface area contributed by atoms with Crippen molar-refractivity contribution in [2.75, 3.05) is 72.6 Å². The Balaban J connectivity index is 1.58. The molecule has 0 radical (unpaired) electrons. The van der Waals surface area contributed by atoms with E-state index >= 15 is 0 Å². The number of hydrogen-bond acceptors (Lipinski definition) is 4. The van der Waals surface area contributed by atoms with Crippen LogP contribution < -0.4 is 0 Å². The van der Waals surface area contributed by atoms with Gasteiger partial charge in [-0.25, -0.2) is 0 Å². The summed E-state index contributed by atoms with van der Waals surface area (Å²) in [5.41, 5.74) is 0. The highest BCUT2D eigenvalue weighted by Gasteiger charge is 2.22. The molecule has 0 N–H and O–H groups in total. The second kappa shape index (κ2) is 8.20. The summed E-state index contributed by atoms with van der Waals surface area (Å²) in [5.74, 6) is 0.923. The van der Waals surface area contributed by atoms with E-state index in [-0.39, 0.29) is 0 Å². The third kappa shape index (κ3) is 5.38. The molecule has 2 aliphatic heterocycles. The predicted octanol–water partition coefficient (Wildman–Crippen LogP) is 0.982. The van der Waals surface area contributed by atoms with Crippen molar-refractivity contribution in [1.29, 1.82) is 0 Å². The average molecular weight is 269 g/mol. The minimum absolute atomic E-state index is 0.847. The third-order valence-corrected chi connectivity index (χ3v) is 4.58. The highest BCUT2D eigenvalue weighted by atomic mass is 16.5. The highest BCUT2D eigenvalue weighted by molar-refractivity contribution is 4.77. The summed E-state index contributed by atoms with van der Waals surface area (Å²) in [6.07, 6.45) is 2.75. The Hall–Kier alpha value is -0.160. The Morgan fingerprint density at radius 3 is 2.26 bits per heavy atom. The first-order valence-corrected chi connectivity index (χ1v) is 7.99. The van der Waals surface area contributed by atoms with E-state index in [1.807, 2.05) is 0 Å². The van der Waals surface area contributed by atoms with Gasteiger partial charge in [-0.15, -0.1) is 0 Å². The lowest BCUT2D eigenvalue weighted by Crippen LogP contribution is -2.47. The molecule has 19 heavy (non-hydrogen) atoms. The summed E-state index contributed by atoms with van der Waals surface area (Å²) in [7, 11) is 2.23. The summed E-state index contributed by atoms with van der Waals surface area (Å²) in [4.78, 5) is 7.67. The van der Waals surface area contributed by atoms with Crippen LogP contribution in [0, 0.1) is 5.92 Å². The van der Waals surface area contributed by atoms with Crippen molar-refractivity contribution in [2.45, 2.75) is 19.8 Å². The van der Waals surface area contributed by atoms with Crippen LogP contribution in [0.25, 0.3) is 0 Å². The van der Waals surface area contributed by atoms with Crippen LogP contribution in [0.2, 0.25) is 0 Å². The van der Waals surface area contributed by atoms with E-state index in [4.69, 9.17) is 4.74 Å². The number of piperazine rings is 1. The SMILES string of the molecule is CCOCCN1CCC(CN2CCN(C)CC2)CC1. The van der Waals surface area contributed by atoms with Crippen molar-refractivity contribution in [1.82, 2.24) is 14.7 Å². The topological polar surface area (TPSA) is 19.0 Å². The van der Waals surface area contributed by atoms with E-state index in [1.165, 1.54) is 58.7 Å². The maximum absolute atomic E-state index is 5.44. The minimum atomic E-state index is 0.847. The molecule has 0 spiro atoms. The fraction of sp³-hybridized carbons (Fsp3) is 1.00. The second-order valence-corrected chi connectivity index (χ2v) is 6.09. The normalized spacial score (nSPS) is 24.9. The fourth-order valence-corrected chi connectivity index (χ4v) is 3.13. The molecule has 0 aromatic carbocycles. The van der Waals surface area contributed by atoms with Crippen LogP contribution in [0.3, 0.4) is 0 Å². The average Bonchev–Trinajstić information content (AvgIpc) is 2.44. The molecule has 0 atom stereocenters. The second-order valence-electron chi connectivity index (χ2n) is 6.09. The molecule has 4 nitrogen and oxygen atoms in total. The van der Waals surface area contributed by atoms with Gasteiger partial charge < -0.3 is 19.4 Å². The van der Waals surface area contributed by atoms with Gasteiger partial charge in [-0.1, -0.05) is 0 Å². The molecule has 2 fully saturated rings. The monoisotopic (exact) mass is 269 g/mol. The Morgan fingerprint density at radius 1 is 0.947 bits per heavy atom. The van der Waals surface area contributed by atoms with E-state index < -0.39 is 0 Å². The number of hydrogen-bond donors (Lipinski definition) is 0. The zero-order valence-electron chi connectivity index (χ0n) is 12.8. The molecule has 2 saturated heterocycles. The summed E-state index contributed by atoms with van der Waals surface area (Å²) in [6.45, 7) is 13.8. The lowest BCUT2D eigenvalue weighted by Gasteiger charge is -2.37. The largest absolute Gasteiger partial charge is 0.380 e. The van der Waals surface area contributed by atoms with Gasteiger partial charge in [0.1, 0.15) is 0 Å². The number of ether oxygens (including phenoxy) is 1. The third-order valence-electron chi connectivity index (χ3n) is 4.58. The summed E-state index contributed by atoms with van der Waals surface area (Å²) in [5, 5.41) is 0. The first-order chi connectivity index (χ1) is 9.28. The molecule has 0 unspecified atom stereocenters. The molecule has 2 rings (SSSR count). The highest BCUT2D eigenvalue weighted by Crippen LogP contribution is 2.18. The van der Waals surface area contributed by atoms with E-state index in [2.05, 4.69) is 28.7 Å². The number of likely N-dealkylation sites (N-methyl/N-ethyl adjacent to an activating group) is 1. The number of likely N-dealkylation sites (tertiary alicyclic amines) is 1. The van der Waals surface area contributed by atoms with Gasteiger partial charge in [-0.3, -0.25) is 0 Å². The maximum atomic E-state index is 5.44. The molecular formula is C15H31N3O. The molecule has 4 heteroatoms. The van der Waals surface area contributed by atoms with E-state index in [1.54, 1.807) is 0 Å². The van der Waals surface area contributed by atoms with Crippen LogP contribution >= 0.6 is 0 Å². The number of nitrogens with zero attached hydrogens (tertiary/aromatic N) is 3. The van der Waals surface area contributed by atoms with Crippen molar-refractivity contribution in [3.63, 3.8) is 0 Å². The standard InChI is InChI=1S/C15H31N3O/c1-3-19-13-12-17-6-4-15(5-7-17)14-18-10-8-16(2)9-11-18/h15H,3-14H2,1-2H3. The van der Waals surface area contributed by atoms with Crippen LogP contribution in [0.1, 0.15) is 19.8 Å². The van der Waals surface area contributed by atoms with Gasteiger partial charge in [-0.2, -0.15) is 0 Å². The molecule has 0 amide bonds. The number of rotatable bonds is 6. The van der Waals surface area contributed by atoms with Gasteiger partial charge >= 0.3 is 0 Å². The van der Waals surface area contributed by atoms with Crippen LogP contribution in [0.5, 0.6) is 0 Å². The van der Waals surface area contributed by atoms with E-state index in [0.717, 1.165) is 25.7 Å². The van der Waals surface area contributed by atoms with Crippen LogP contribution in [0.4, 0.5) is 0 Å². The Labute approximate surface area is 118 Å². The van der Waals surface area contributed by atoms with Gasteiger partial charge in [0.15, 0.2) is 0 Å². The van der Waals surface area contributed by atoms with Crippen molar-refractivity contribution >= 4 is 0 Å². The van der Waals surface area contributed by atoms with Crippen molar-refractivity contribution in [2.24, 2.45) is 5.92 Å². The summed E-state index contributed by atoms with van der Waals surface area (Å²) >= 11 is 0. The van der Waals surface area contributed by atoms with Crippen molar-refractivity contribution in [3.8, 4) is 0 Å². The molecule has 0 saturated carbocycles. The molecule has 0 aliphatic carbocycles. The molecule has 0 aromatic rings. The van der Waals surface area contributed by atoms with Crippen LogP contribution in [-0.4, -0.2) is 87.3 Å². The van der Waals surface area contributed by atoms with Gasteiger partial charge in [-0.05, 0) is 45.8 Å². The van der Waals surface area contributed by atoms with Gasteiger partial charge in [0, 0.05) is 45.9 Å². The van der Waals surface area contributed by atoms with E-state index in [0.29, 0.717) is 0 Å². The summed E-state index contributed by atoms with van der Waals surface area (Å²) < 4.78 is 5.44. The maximum Gasteiger partial charge on any atom is 0.0593 e. The first kappa shape index (κ1) is 15.2. The van der Waals surface area contributed by atoms with Crippen molar-refractivity contribution < 1.29 is 4.74 Å². The van der Waals surface area contributed by atoms with E-state index in [9.17, 15) is 0 Å². The fourth-order valence-electron chi connectivity index (χ4n) is 3.13. The van der Waals surface area contributed by atoms with Crippen LogP contribution in [-0.2, 0) is 4.74 Å². The molecule has 112 valence electrons. The van der Waals surface area contributed by atoms with Crippen LogP contribution in [0.15, 0.2) is 0 Å². The van der Waals surface area contributed by atoms with Gasteiger partial charge in [0.05, 0.1) is 6.61 Å². The molecular weight excluding hydrogens is 238 g/mol. The quantitative estimate of drug-likeness (QED) is 0.669. The van der Waals surface area contributed by atoms with Gasteiger partial charge in [0.25, 0.3) is 0 Å². The lowest BCUT2D eigenvalue weighted by molar-refractivity contribution is 0.0796. The molecule has 2 aliphatic rings. The Morgan fingerprint density at radius 2 is 1.63 bits per heavy atom. The lowest BCUT2D eigenvalue weighted by atomic mass is 9.96. The molecule has 0 aromatic heterocycles. The molecule has 2 heterocycles. The number of piperidine rings is 1. The first-order valence-electron chi connectivity index (χ1n) is 7.99. The zero-order chi connectivity index (χ0) is 13.5. The Kier molecular flexibility index (Phi) is 6.57. The predicted molar refractivity (Wildman–Crippen MR) is 79.6 cm³/mol. The smallest absolute Gasteiger partial charge is 0.0593 e. The molecule has 0 bridgehead atoms. The zero-order valence-corrected chi connectivity index (χ0v) is 12.8. The van der Waals surface area contributed by atoms with Gasteiger partial charge in [0.2, 0.25) is 0 Å².